The summed E-state index contributed by atoms with van der Waals surface area (Å²) in [5, 5.41) is 8.92. The fourth-order valence-electron chi connectivity index (χ4n) is 5.96. The van der Waals surface area contributed by atoms with Crippen LogP contribution in [0.1, 0.15) is 67.8 Å². The van der Waals surface area contributed by atoms with Crippen molar-refractivity contribution in [1.82, 2.24) is 19.7 Å². The number of carbonyl (C=O) groups excluding carboxylic acids is 1. The molecule has 0 N–H and O–H groups in total. The quantitative estimate of drug-likeness (QED) is 0.504. The molecule has 1 aliphatic heterocycles. The van der Waals surface area contributed by atoms with Crippen LogP contribution in [0.5, 0.6) is 0 Å². The highest BCUT2D eigenvalue weighted by molar-refractivity contribution is 5.76. The highest BCUT2D eigenvalue weighted by Gasteiger charge is 2.50. The lowest BCUT2D eigenvalue weighted by Gasteiger charge is -2.37. The third-order valence-corrected chi connectivity index (χ3v) is 7.70. The molecular formula is C28H34N4O. The average Bonchev–Trinajstić information content (AvgIpc) is 3.45. The first-order valence-corrected chi connectivity index (χ1v) is 12.5. The molecule has 5 heteroatoms. The first-order valence-electron chi connectivity index (χ1n) is 12.5. The zero-order chi connectivity index (χ0) is 22.5. The van der Waals surface area contributed by atoms with Gasteiger partial charge in [0.05, 0.1) is 6.54 Å². The number of amides is 1. The Morgan fingerprint density at radius 3 is 2.36 bits per heavy atom. The van der Waals surface area contributed by atoms with Crippen molar-refractivity contribution < 1.29 is 4.79 Å². The van der Waals surface area contributed by atoms with Crippen LogP contribution in [0.4, 0.5) is 0 Å². The molecule has 3 aromatic rings. The Kier molecular flexibility index (Phi) is 6.56. The summed E-state index contributed by atoms with van der Waals surface area (Å²) in [6.45, 7) is 2.43. The lowest BCUT2D eigenvalue weighted by molar-refractivity contribution is -0.130. The van der Waals surface area contributed by atoms with Gasteiger partial charge in [-0.25, -0.2) is 0 Å². The summed E-state index contributed by atoms with van der Waals surface area (Å²) in [5.74, 6) is 1.62. The van der Waals surface area contributed by atoms with E-state index in [4.69, 9.17) is 0 Å². The maximum atomic E-state index is 13.2. The molecule has 2 fully saturated rings. The first kappa shape index (κ1) is 21.9. The number of aryl methyl sites for hydroxylation is 1. The molecule has 1 aromatic heterocycles. The number of hydrogen-bond acceptors (Lipinski definition) is 3. The van der Waals surface area contributed by atoms with Crippen LogP contribution in [0.25, 0.3) is 0 Å². The fourth-order valence-corrected chi connectivity index (χ4v) is 5.96. The lowest BCUT2D eigenvalue weighted by atomic mass is 9.67. The summed E-state index contributed by atoms with van der Waals surface area (Å²) in [5.41, 5.74) is 2.71. The van der Waals surface area contributed by atoms with Crippen molar-refractivity contribution >= 4 is 5.91 Å². The van der Waals surface area contributed by atoms with Crippen LogP contribution in [-0.4, -0.2) is 38.7 Å². The van der Waals surface area contributed by atoms with E-state index in [0.717, 1.165) is 38.3 Å². The summed E-state index contributed by atoms with van der Waals surface area (Å²) in [6.07, 6.45) is 10.5. The standard InChI is InChI=1S/C28H34N4O/c33-26(16-10-15-23-11-4-1-5-12-23)31-20-25(28(21-31)17-8-3-9-18-28)27-30-29-22-32(27)19-24-13-6-2-7-14-24/h1-2,4-7,11-14,22,25H,3,8-10,15-21H2. The molecule has 0 bridgehead atoms. The monoisotopic (exact) mass is 442 g/mol. The van der Waals surface area contributed by atoms with E-state index < -0.39 is 0 Å². The van der Waals surface area contributed by atoms with Gasteiger partial charge in [-0.05, 0) is 42.2 Å². The number of carbonyl (C=O) groups is 1. The zero-order valence-corrected chi connectivity index (χ0v) is 19.4. The molecular weight excluding hydrogens is 408 g/mol. The second-order valence-corrected chi connectivity index (χ2v) is 9.89. The topological polar surface area (TPSA) is 51.0 Å². The van der Waals surface area contributed by atoms with Crippen molar-refractivity contribution in [1.29, 1.82) is 0 Å². The van der Waals surface area contributed by atoms with E-state index in [1.807, 2.05) is 18.5 Å². The Morgan fingerprint density at radius 1 is 0.939 bits per heavy atom. The molecule has 1 aliphatic carbocycles. The van der Waals surface area contributed by atoms with Gasteiger partial charge in [0.1, 0.15) is 12.2 Å². The Labute approximate surface area is 196 Å². The highest BCUT2D eigenvalue weighted by Crippen LogP contribution is 2.51. The molecule has 1 atom stereocenters. The zero-order valence-electron chi connectivity index (χ0n) is 19.4. The second kappa shape index (κ2) is 9.90. The van der Waals surface area contributed by atoms with Gasteiger partial charge in [0.15, 0.2) is 0 Å². The van der Waals surface area contributed by atoms with Crippen molar-refractivity contribution in [3.05, 3.63) is 83.9 Å². The predicted octanol–water partition coefficient (Wildman–Crippen LogP) is 5.23. The van der Waals surface area contributed by atoms with E-state index in [1.54, 1.807) is 0 Å². The highest BCUT2D eigenvalue weighted by atomic mass is 16.2. The number of aromatic nitrogens is 3. The van der Waals surface area contributed by atoms with Crippen molar-refractivity contribution in [2.24, 2.45) is 5.41 Å². The SMILES string of the molecule is O=C(CCCc1ccccc1)N1CC(c2nncn2Cc2ccccc2)C2(CCCCC2)C1. The van der Waals surface area contributed by atoms with Gasteiger partial charge in [-0.1, -0.05) is 79.9 Å². The Morgan fingerprint density at radius 2 is 1.64 bits per heavy atom. The molecule has 1 saturated heterocycles. The van der Waals surface area contributed by atoms with Gasteiger partial charge in [0.25, 0.3) is 0 Å². The van der Waals surface area contributed by atoms with Gasteiger partial charge in [-0.3, -0.25) is 4.79 Å². The van der Waals surface area contributed by atoms with E-state index in [9.17, 15) is 4.79 Å². The molecule has 2 aromatic carbocycles. The largest absolute Gasteiger partial charge is 0.341 e. The van der Waals surface area contributed by atoms with Gasteiger partial charge >= 0.3 is 0 Å². The van der Waals surface area contributed by atoms with Crippen LogP contribution >= 0.6 is 0 Å². The van der Waals surface area contributed by atoms with E-state index in [-0.39, 0.29) is 11.3 Å². The van der Waals surface area contributed by atoms with Gasteiger partial charge in [0.2, 0.25) is 5.91 Å². The molecule has 1 amide bonds. The molecule has 1 saturated carbocycles. The third kappa shape index (κ3) is 4.87. The predicted molar refractivity (Wildman–Crippen MR) is 130 cm³/mol. The Balaban J connectivity index is 1.31. The van der Waals surface area contributed by atoms with Crippen molar-refractivity contribution in [2.75, 3.05) is 13.1 Å². The average molecular weight is 443 g/mol. The number of benzene rings is 2. The molecule has 0 radical (unpaired) electrons. The van der Waals surface area contributed by atoms with E-state index in [1.165, 1.54) is 43.2 Å². The fraction of sp³-hybridized carbons (Fsp3) is 0.464. The molecule has 2 aliphatic rings. The lowest BCUT2D eigenvalue weighted by Crippen LogP contribution is -2.34. The molecule has 2 heterocycles. The van der Waals surface area contributed by atoms with Gasteiger partial charge in [-0.15, -0.1) is 10.2 Å². The van der Waals surface area contributed by atoms with Gasteiger partial charge < -0.3 is 9.47 Å². The number of rotatable bonds is 7. The third-order valence-electron chi connectivity index (χ3n) is 7.70. The molecule has 33 heavy (non-hydrogen) atoms. The maximum absolute atomic E-state index is 13.2. The normalized spacial score (nSPS) is 19.8. The minimum atomic E-state index is 0.148. The Hall–Kier alpha value is -2.95. The number of hydrogen-bond donors (Lipinski definition) is 0. The maximum Gasteiger partial charge on any atom is 0.222 e. The van der Waals surface area contributed by atoms with E-state index in [0.29, 0.717) is 12.3 Å². The summed E-state index contributed by atoms with van der Waals surface area (Å²) >= 11 is 0. The van der Waals surface area contributed by atoms with Crippen molar-refractivity contribution in [3.8, 4) is 0 Å². The molecule has 1 unspecified atom stereocenters. The summed E-state index contributed by atoms with van der Waals surface area (Å²) in [6, 6.07) is 21.0. The van der Waals surface area contributed by atoms with Crippen LogP contribution in [0.15, 0.2) is 67.0 Å². The Bertz CT molecular complexity index is 1040. The summed E-state index contributed by atoms with van der Waals surface area (Å²) in [4.78, 5) is 15.4. The smallest absolute Gasteiger partial charge is 0.222 e. The molecule has 5 nitrogen and oxygen atoms in total. The van der Waals surface area contributed by atoms with Gasteiger partial charge in [0, 0.05) is 25.4 Å². The van der Waals surface area contributed by atoms with Crippen molar-refractivity contribution in [3.63, 3.8) is 0 Å². The number of nitrogens with zero attached hydrogens (tertiary/aromatic N) is 4. The second-order valence-electron chi connectivity index (χ2n) is 9.89. The minimum absolute atomic E-state index is 0.148. The minimum Gasteiger partial charge on any atom is -0.341 e. The first-order chi connectivity index (χ1) is 16.2. The van der Waals surface area contributed by atoms with Crippen LogP contribution in [0.2, 0.25) is 0 Å². The summed E-state index contributed by atoms with van der Waals surface area (Å²) < 4.78 is 2.21. The van der Waals surface area contributed by atoms with Crippen molar-refractivity contribution in [2.45, 2.75) is 63.8 Å². The number of likely N-dealkylation sites (tertiary alicyclic amines) is 1. The van der Waals surface area contributed by atoms with Crippen LogP contribution < -0.4 is 0 Å². The summed E-state index contributed by atoms with van der Waals surface area (Å²) in [7, 11) is 0. The van der Waals surface area contributed by atoms with Crippen LogP contribution in [-0.2, 0) is 17.8 Å². The molecule has 172 valence electrons. The van der Waals surface area contributed by atoms with Crippen LogP contribution in [0, 0.1) is 5.41 Å². The molecule has 1 spiro atoms. The van der Waals surface area contributed by atoms with E-state index >= 15 is 0 Å². The molecule has 5 rings (SSSR count). The van der Waals surface area contributed by atoms with Crippen LogP contribution in [0.3, 0.4) is 0 Å². The van der Waals surface area contributed by atoms with E-state index in [2.05, 4.69) is 68.2 Å². The van der Waals surface area contributed by atoms with Gasteiger partial charge in [-0.2, -0.15) is 0 Å².